The molecule has 0 aliphatic rings. The Labute approximate surface area is 116 Å². The van der Waals surface area contributed by atoms with Gasteiger partial charge in [0.2, 0.25) is 0 Å². The number of methoxy groups -OCH3 is 1. The maximum absolute atomic E-state index is 5.16. The van der Waals surface area contributed by atoms with Crippen molar-refractivity contribution in [3.63, 3.8) is 0 Å². The van der Waals surface area contributed by atoms with Crippen molar-refractivity contribution in [2.75, 3.05) is 12.4 Å². The zero-order valence-corrected chi connectivity index (χ0v) is 12.1. The summed E-state index contributed by atoms with van der Waals surface area (Å²) in [6, 6.07) is 16.5. The molecule has 0 fully saturated rings. The van der Waals surface area contributed by atoms with E-state index in [1.54, 1.807) is 7.11 Å². The van der Waals surface area contributed by atoms with E-state index < -0.39 is 0 Å². The van der Waals surface area contributed by atoms with Crippen LogP contribution in [0.15, 0.2) is 53.0 Å². The number of para-hydroxylation sites is 1. The fourth-order valence-corrected chi connectivity index (χ4v) is 2.19. The molecule has 0 aliphatic carbocycles. The van der Waals surface area contributed by atoms with E-state index >= 15 is 0 Å². The highest BCUT2D eigenvalue weighted by Gasteiger charge is 2.07. The fourth-order valence-electron chi connectivity index (χ4n) is 1.79. The average Bonchev–Trinajstić information content (AvgIpc) is 2.41. The summed E-state index contributed by atoms with van der Waals surface area (Å²) in [6.07, 6.45) is 0. The molecule has 18 heavy (non-hydrogen) atoms. The van der Waals surface area contributed by atoms with Gasteiger partial charge in [-0.1, -0.05) is 24.3 Å². The topological polar surface area (TPSA) is 21.3 Å². The molecule has 1 atom stereocenters. The van der Waals surface area contributed by atoms with Gasteiger partial charge in [-0.2, -0.15) is 0 Å². The van der Waals surface area contributed by atoms with Crippen molar-refractivity contribution < 1.29 is 4.74 Å². The zero-order valence-electron chi connectivity index (χ0n) is 10.5. The third kappa shape index (κ3) is 3.05. The Morgan fingerprint density at radius 3 is 2.33 bits per heavy atom. The molecule has 0 bridgehead atoms. The van der Waals surface area contributed by atoms with Crippen molar-refractivity contribution in [3.05, 3.63) is 58.6 Å². The van der Waals surface area contributed by atoms with Gasteiger partial charge in [-0.25, -0.2) is 0 Å². The van der Waals surface area contributed by atoms with Gasteiger partial charge in [0.15, 0.2) is 0 Å². The summed E-state index contributed by atoms with van der Waals surface area (Å²) >= 11 is 3.54. The van der Waals surface area contributed by atoms with E-state index in [1.165, 1.54) is 5.56 Å². The molecule has 3 heteroatoms. The Morgan fingerprint density at radius 1 is 1.06 bits per heavy atom. The normalized spacial score (nSPS) is 11.9. The van der Waals surface area contributed by atoms with Gasteiger partial charge < -0.3 is 10.1 Å². The average molecular weight is 306 g/mol. The van der Waals surface area contributed by atoms with Crippen LogP contribution in [-0.2, 0) is 0 Å². The molecule has 2 aromatic carbocycles. The maximum Gasteiger partial charge on any atom is 0.118 e. The smallest absolute Gasteiger partial charge is 0.118 e. The molecular formula is C15H16BrNO. The molecule has 94 valence electrons. The third-order valence-corrected chi connectivity index (χ3v) is 3.55. The van der Waals surface area contributed by atoms with Gasteiger partial charge in [-0.15, -0.1) is 0 Å². The predicted octanol–water partition coefficient (Wildman–Crippen LogP) is 4.63. The van der Waals surface area contributed by atoms with Gasteiger partial charge >= 0.3 is 0 Å². The lowest BCUT2D eigenvalue weighted by molar-refractivity contribution is 0.414. The Kier molecular flexibility index (Phi) is 4.26. The summed E-state index contributed by atoms with van der Waals surface area (Å²) in [5.74, 6) is 0.881. The molecule has 0 amide bonds. The van der Waals surface area contributed by atoms with Crippen molar-refractivity contribution >= 4 is 21.6 Å². The van der Waals surface area contributed by atoms with Crippen LogP contribution in [0, 0.1) is 0 Å². The van der Waals surface area contributed by atoms with E-state index in [-0.39, 0.29) is 6.04 Å². The van der Waals surface area contributed by atoms with Crippen LogP contribution in [0.1, 0.15) is 18.5 Å². The van der Waals surface area contributed by atoms with E-state index in [1.807, 2.05) is 30.3 Å². The lowest BCUT2D eigenvalue weighted by atomic mass is 10.1. The number of rotatable bonds is 4. The number of hydrogen-bond acceptors (Lipinski definition) is 2. The van der Waals surface area contributed by atoms with Crippen molar-refractivity contribution in [2.45, 2.75) is 13.0 Å². The summed E-state index contributed by atoms with van der Waals surface area (Å²) < 4.78 is 6.23. The minimum atomic E-state index is 0.245. The molecule has 0 saturated heterocycles. The fraction of sp³-hybridized carbons (Fsp3) is 0.200. The van der Waals surface area contributed by atoms with Gasteiger partial charge in [0.05, 0.1) is 7.11 Å². The van der Waals surface area contributed by atoms with E-state index in [0.717, 1.165) is 15.9 Å². The van der Waals surface area contributed by atoms with Crippen LogP contribution in [0.4, 0.5) is 5.69 Å². The van der Waals surface area contributed by atoms with Crippen LogP contribution >= 0.6 is 15.9 Å². The SMILES string of the molecule is COc1ccc(C(C)Nc2ccccc2Br)cc1. The van der Waals surface area contributed by atoms with Crippen LogP contribution in [0.5, 0.6) is 5.75 Å². The van der Waals surface area contributed by atoms with E-state index in [2.05, 4.69) is 46.4 Å². The molecule has 0 saturated carbocycles. The van der Waals surface area contributed by atoms with E-state index in [4.69, 9.17) is 4.74 Å². The number of nitrogens with one attached hydrogen (secondary N) is 1. The first-order valence-corrected chi connectivity index (χ1v) is 6.65. The first-order valence-electron chi connectivity index (χ1n) is 5.85. The molecule has 2 nitrogen and oxygen atoms in total. The van der Waals surface area contributed by atoms with E-state index in [9.17, 15) is 0 Å². The summed E-state index contributed by atoms with van der Waals surface area (Å²) in [6.45, 7) is 2.14. The third-order valence-electron chi connectivity index (χ3n) is 2.86. The van der Waals surface area contributed by atoms with Gasteiger partial charge in [0, 0.05) is 16.2 Å². The molecular weight excluding hydrogens is 290 g/mol. The number of anilines is 1. The quantitative estimate of drug-likeness (QED) is 0.889. The van der Waals surface area contributed by atoms with Crippen molar-refractivity contribution in [3.8, 4) is 5.75 Å². The first-order chi connectivity index (χ1) is 8.70. The largest absolute Gasteiger partial charge is 0.497 e. The summed E-state index contributed by atoms with van der Waals surface area (Å²) in [7, 11) is 1.68. The Morgan fingerprint density at radius 2 is 1.72 bits per heavy atom. The number of hydrogen-bond donors (Lipinski definition) is 1. The number of benzene rings is 2. The first kappa shape index (κ1) is 13.0. The molecule has 2 aromatic rings. The van der Waals surface area contributed by atoms with Gasteiger partial charge in [0.25, 0.3) is 0 Å². The predicted molar refractivity (Wildman–Crippen MR) is 79.2 cm³/mol. The summed E-state index contributed by atoms with van der Waals surface area (Å²) in [4.78, 5) is 0. The van der Waals surface area contributed by atoms with E-state index in [0.29, 0.717) is 0 Å². The molecule has 1 unspecified atom stereocenters. The molecule has 0 spiro atoms. The van der Waals surface area contributed by atoms with Crippen LogP contribution in [0.2, 0.25) is 0 Å². The molecule has 1 N–H and O–H groups in total. The monoisotopic (exact) mass is 305 g/mol. The molecule has 2 rings (SSSR count). The van der Waals surface area contributed by atoms with Crippen molar-refractivity contribution in [2.24, 2.45) is 0 Å². The Balaban J connectivity index is 2.11. The second-order valence-electron chi connectivity index (χ2n) is 4.12. The van der Waals surface area contributed by atoms with Crippen LogP contribution < -0.4 is 10.1 Å². The highest BCUT2D eigenvalue weighted by atomic mass is 79.9. The minimum Gasteiger partial charge on any atom is -0.497 e. The Hall–Kier alpha value is -1.48. The molecule has 0 aliphatic heterocycles. The van der Waals surface area contributed by atoms with Gasteiger partial charge in [0.1, 0.15) is 5.75 Å². The highest BCUT2D eigenvalue weighted by Crippen LogP contribution is 2.26. The van der Waals surface area contributed by atoms with Crippen molar-refractivity contribution in [1.82, 2.24) is 0 Å². The number of ether oxygens (including phenoxy) is 1. The highest BCUT2D eigenvalue weighted by molar-refractivity contribution is 9.10. The lowest BCUT2D eigenvalue weighted by Crippen LogP contribution is -2.06. The zero-order chi connectivity index (χ0) is 13.0. The van der Waals surface area contributed by atoms with Crippen LogP contribution in [-0.4, -0.2) is 7.11 Å². The maximum atomic E-state index is 5.16. The molecule has 0 radical (unpaired) electrons. The molecule has 0 aromatic heterocycles. The minimum absolute atomic E-state index is 0.245. The summed E-state index contributed by atoms with van der Waals surface area (Å²) in [5.41, 5.74) is 2.33. The van der Waals surface area contributed by atoms with Gasteiger partial charge in [-0.05, 0) is 52.7 Å². The second-order valence-corrected chi connectivity index (χ2v) is 4.97. The standard InChI is InChI=1S/C15H16BrNO/c1-11(12-7-9-13(18-2)10-8-12)17-15-6-4-3-5-14(15)16/h3-11,17H,1-2H3. The van der Waals surface area contributed by atoms with Crippen LogP contribution in [0.25, 0.3) is 0 Å². The van der Waals surface area contributed by atoms with Crippen LogP contribution in [0.3, 0.4) is 0 Å². The van der Waals surface area contributed by atoms with Crippen molar-refractivity contribution in [1.29, 1.82) is 0 Å². The van der Waals surface area contributed by atoms with Gasteiger partial charge in [-0.3, -0.25) is 0 Å². The Bertz CT molecular complexity index is 510. The molecule has 0 heterocycles. The summed E-state index contributed by atoms with van der Waals surface area (Å²) in [5, 5.41) is 3.48. The lowest BCUT2D eigenvalue weighted by Gasteiger charge is -2.17. The second kappa shape index (κ2) is 5.91. The number of halogens is 1.